The van der Waals surface area contributed by atoms with E-state index in [0.29, 0.717) is 6.07 Å². The van der Waals surface area contributed by atoms with Crippen LogP contribution in [0.1, 0.15) is 6.92 Å². The van der Waals surface area contributed by atoms with Gasteiger partial charge in [0.15, 0.2) is 0 Å². The highest BCUT2D eigenvalue weighted by molar-refractivity contribution is 6.39. The van der Waals surface area contributed by atoms with Crippen LogP contribution >= 0.6 is 0 Å². The lowest BCUT2D eigenvalue weighted by atomic mass is 10.3. The van der Waals surface area contributed by atoms with E-state index in [9.17, 15) is 18.4 Å². The number of hydrogen-bond acceptors (Lipinski definition) is 3. The van der Waals surface area contributed by atoms with E-state index in [2.05, 4.69) is 5.32 Å². The van der Waals surface area contributed by atoms with Gasteiger partial charge in [0.05, 0.1) is 11.8 Å². The molecule has 0 heterocycles. The van der Waals surface area contributed by atoms with Gasteiger partial charge in [0, 0.05) is 12.6 Å². The minimum Gasteiger partial charge on any atom is -0.392 e. The number of rotatable bonds is 3. The van der Waals surface area contributed by atoms with E-state index in [1.807, 2.05) is 5.32 Å². The van der Waals surface area contributed by atoms with Crippen molar-refractivity contribution in [1.29, 1.82) is 0 Å². The number of anilines is 1. The van der Waals surface area contributed by atoms with Crippen molar-refractivity contribution in [2.45, 2.75) is 13.0 Å². The minimum absolute atomic E-state index is 0.0991. The molecule has 7 heteroatoms. The number of carbonyl (C=O) groups excluding carboxylic acids is 2. The molecule has 0 spiro atoms. The number of aliphatic hydroxyl groups is 1. The fourth-order valence-electron chi connectivity index (χ4n) is 1.09. The Labute approximate surface area is 102 Å². The summed E-state index contributed by atoms with van der Waals surface area (Å²) in [4.78, 5) is 22.5. The first-order chi connectivity index (χ1) is 8.40. The van der Waals surface area contributed by atoms with Crippen molar-refractivity contribution >= 4 is 17.5 Å². The van der Waals surface area contributed by atoms with Crippen LogP contribution in [-0.2, 0) is 9.59 Å². The third kappa shape index (κ3) is 4.10. The van der Waals surface area contributed by atoms with Crippen LogP contribution in [0.5, 0.6) is 0 Å². The molecule has 0 aliphatic heterocycles. The molecular weight excluding hydrogens is 246 g/mol. The first-order valence-corrected chi connectivity index (χ1v) is 5.12. The lowest BCUT2D eigenvalue weighted by Gasteiger charge is -2.08. The second kappa shape index (κ2) is 6.06. The van der Waals surface area contributed by atoms with E-state index in [4.69, 9.17) is 5.11 Å². The zero-order chi connectivity index (χ0) is 13.7. The Hall–Kier alpha value is -2.02. The molecule has 18 heavy (non-hydrogen) atoms. The van der Waals surface area contributed by atoms with Crippen LogP contribution in [0.25, 0.3) is 0 Å². The quantitative estimate of drug-likeness (QED) is 0.687. The Morgan fingerprint density at radius 1 is 1.33 bits per heavy atom. The second-order valence-electron chi connectivity index (χ2n) is 3.64. The van der Waals surface area contributed by atoms with Crippen LogP contribution in [0.2, 0.25) is 0 Å². The van der Waals surface area contributed by atoms with Crippen LogP contribution in [0.4, 0.5) is 14.5 Å². The van der Waals surface area contributed by atoms with Gasteiger partial charge in [0.1, 0.15) is 11.6 Å². The van der Waals surface area contributed by atoms with E-state index in [1.54, 1.807) is 0 Å². The van der Waals surface area contributed by atoms with E-state index < -0.39 is 29.6 Å². The number of carbonyl (C=O) groups is 2. The molecule has 1 atom stereocenters. The molecule has 0 saturated heterocycles. The first kappa shape index (κ1) is 14.0. The highest BCUT2D eigenvalue weighted by Gasteiger charge is 2.15. The Morgan fingerprint density at radius 2 is 2.00 bits per heavy atom. The Kier molecular flexibility index (Phi) is 4.73. The molecule has 0 bridgehead atoms. The van der Waals surface area contributed by atoms with Gasteiger partial charge >= 0.3 is 11.8 Å². The summed E-state index contributed by atoms with van der Waals surface area (Å²) in [5, 5.41) is 13.0. The van der Waals surface area contributed by atoms with E-state index in [0.717, 1.165) is 12.1 Å². The topological polar surface area (TPSA) is 78.4 Å². The number of hydrogen-bond donors (Lipinski definition) is 3. The van der Waals surface area contributed by atoms with Gasteiger partial charge < -0.3 is 15.7 Å². The number of amides is 2. The predicted octanol–water partition coefficient (Wildman–Crippen LogP) is 0.400. The third-order valence-electron chi connectivity index (χ3n) is 1.94. The molecule has 1 rings (SSSR count). The molecule has 0 radical (unpaired) electrons. The van der Waals surface area contributed by atoms with Gasteiger partial charge in [-0.3, -0.25) is 9.59 Å². The largest absolute Gasteiger partial charge is 0.392 e. The van der Waals surface area contributed by atoms with Crippen molar-refractivity contribution < 1.29 is 23.5 Å². The maximum Gasteiger partial charge on any atom is 0.313 e. The maximum atomic E-state index is 13.2. The Morgan fingerprint density at radius 3 is 2.56 bits per heavy atom. The van der Waals surface area contributed by atoms with Crippen molar-refractivity contribution in [3.05, 3.63) is 29.8 Å². The average molecular weight is 258 g/mol. The molecule has 0 aliphatic rings. The van der Waals surface area contributed by atoms with Gasteiger partial charge in [-0.05, 0) is 19.1 Å². The number of nitrogens with one attached hydrogen (secondary N) is 2. The standard InChI is InChI=1S/C11H12F2N2O3/c1-6(16)5-14-10(17)11(18)15-9-3-2-7(12)4-8(9)13/h2-4,6,16H,5H2,1H3,(H,14,17)(H,15,18). The van der Waals surface area contributed by atoms with Crippen molar-refractivity contribution in [3.8, 4) is 0 Å². The minimum atomic E-state index is -1.10. The second-order valence-corrected chi connectivity index (χ2v) is 3.64. The SMILES string of the molecule is CC(O)CNC(=O)C(=O)Nc1ccc(F)cc1F. The van der Waals surface area contributed by atoms with Crippen molar-refractivity contribution in [2.75, 3.05) is 11.9 Å². The van der Waals surface area contributed by atoms with Crippen LogP contribution in [0, 0.1) is 11.6 Å². The molecule has 5 nitrogen and oxygen atoms in total. The highest BCUT2D eigenvalue weighted by Crippen LogP contribution is 2.14. The van der Waals surface area contributed by atoms with E-state index in [-0.39, 0.29) is 12.2 Å². The van der Waals surface area contributed by atoms with Gasteiger partial charge in [-0.2, -0.15) is 0 Å². The summed E-state index contributed by atoms with van der Waals surface area (Å²) >= 11 is 0. The van der Waals surface area contributed by atoms with Crippen molar-refractivity contribution in [3.63, 3.8) is 0 Å². The smallest absolute Gasteiger partial charge is 0.313 e. The van der Waals surface area contributed by atoms with Crippen LogP contribution in [-0.4, -0.2) is 29.6 Å². The molecule has 0 aromatic heterocycles. The molecule has 1 aromatic carbocycles. The molecular formula is C11H12F2N2O3. The van der Waals surface area contributed by atoms with Crippen LogP contribution < -0.4 is 10.6 Å². The lowest BCUT2D eigenvalue weighted by molar-refractivity contribution is -0.136. The van der Waals surface area contributed by atoms with E-state index >= 15 is 0 Å². The first-order valence-electron chi connectivity index (χ1n) is 5.12. The zero-order valence-corrected chi connectivity index (χ0v) is 9.54. The summed E-state index contributed by atoms with van der Waals surface area (Å²) in [6.45, 7) is 1.33. The van der Waals surface area contributed by atoms with Crippen LogP contribution in [0.15, 0.2) is 18.2 Å². The highest BCUT2D eigenvalue weighted by atomic mass is 19.1. The molecule has 0 aliphatic carbocycles. The van der Waals surface area contributed by atoms with Gasteiger partial charge in [-0.25, -0.2) is 8.78 Å². The van der Waals surface area contributed by atoms with Gasteiger partial charge in [-0.1, -0.05) is 0 Å². The van der Waals surface area contributed by atoms with Crippen molar-refractivity contribution in [2.24, 2.45) is 0 Å². The Bertz CT molecular complexity index is 464. The predicted molar refractivity (Wildman–Crippen MR) is 59.7 cm³/mol. The Balaban J connectivity index is 2.61. The van der Waals surface area contributed by atoms with Crippen molar-refractivity contribution in [1.82, 2.24) is 5.32 Å². The monoisotopic (exact) mass is 258 g/mol. The molecule has 98 valence electrons. The maximum absolute atomic E-state index is 13.2. The molecule has 1 unspecified atom stereocenters. The molecule has 1 aromatic rings. The van der Waals surface area contributed by atoms with Gasteiger partial charge in [0.25, 0.3) is 0 Å². The zero-order valence-electron chi connectivity index (χ0n) is 9.54. The fourth-order valence-corrected chi connectivity index (χ4v) is 1.09. The summed E-state index contributed by atoms with van der Waals surface area (Å²) in [6.07, 6.45) is -0.802. The van der Waals surface area contributed by atoms with Crippen LogP contribution in [0.3, 0.4) is 0 Å². The number of aliphatic hydroxyl groups excluding tert-OH is 1. The summed E-state index contributed by atoms with van der Waals surface area (Å²) in [5.41, 5.74) is -0.298. The molecule has 0 fully saturated rings. The van der Waals surface area contributed by atoms with Gasteiger partial charge in [0.2, 0.25) is 0 Å². The summed E-state index contributed by atoms with van der Waals surface area (Å²) < 4.78 is 25.8. The van der Waals surface area contributed by atoms with E-state index in [1.165, 1.54) is 6.92 Å². The summed E-state index contributed by atoms with van der Waals surface area (Å²) in [6, 6.07) is 2.54. The summed E-state index contributed by atoms with van der Waals surface area (Å²) in [5.74, 6) is -3.88. The van der Waals surface area contributed by atoms with Gasteiger partial charge in [-0.15, -0.1) is 0 Å². The molecule has 0 saturated carbocycles. The average Bonchev–Trinajstić information content (AvgIpc) is 2.29. The fraction of sp³-hybridized carbons (Fsp3) is 0.273. The molecule has 2 amide bonds. The summed E-state index contributed by atoms with van der Waals surface area (Å²) in [7, 11) is 0. The normalized spacial score (nSPS) is 11.8. The number of benzene rings is 1. The lowest BCUT2D eigenvalue weighted by Crippen LogP contribution is -2.38. The third-order valence-corrected chi connectivity index (χ3v) is 1.94. The number of halogens is 2. The molecule has 3 N–H and O–H groups in total.